The second kappa shape index (κ2) is 4.39. The molecule has 1 aliphatic rings. The molecule has 2 aromatic rings. The number of carbonyl (C=O) groups is 1. The van der Waals surface area contributed by atoms with E-state index in [0.717, 1.165) is 35.2 Å². The largest absolute Gasteiger partial charge is 0.477 e. The van der Waals surface area contributed by atoms with Crippen molar-refractivity contribution in [2.45, 2.75) is 12.8 Å². The quantitative estimate of drug-likeness (QED) is 0.866. The lowest BCUT2D eigenvalue weighted by Gasteiger charge is -1.98. The molecule has 0 radical (unpaired) electrons. The van der Waals surface area contributed by atoms with Gasteiger partial charge in [0.15, 0.2) is 0 Å². The summed E-state index contributed by atoms with van der Waals surface area (Å²) in [5.41, 5.74) is 4.15. The number of aromatic nitrogens is 1. The van der Waals surface area contributed by atoms with E-state index >= 15 is 0 Å². The number of benzene rings is 1. The third kappa shape index (κ3) is 2.17. The lowest BCUT2D eigenvalue weighted by molar-refractivity contribution is 0.0691. The molecule has 0 bridgehead atoms. The first-order chi connectivity index (χ1) is 9.13. The van der Waals surface area contributed by atoms with Crippen LogP contribution in [0.15, 0.2) is 30.3 Å². The molecule has 1 aliphatic carbocycles. The predicted octanol–water partition coefficient (Wildman–Crippen LogP) is 3.34. The smallest absolute Gasteiger partial charge is 0.352 e. The summed E-state index contributed by atoms with van der Waals surface area (Å²) in [4.78, 5) is 13.8. The van der Waals surface area contributed by atoms with Crippen LogP contribution in [0.3, 0.4) is 0 Å². The van der Waals surface area contributed by atoms with E-state index in [0.29, 0.717) is 0 Å². The van der Waals surface area contributed by atoms with Crippen molar-refractivity contribution < 1.29 is 14.3 Å². The molecule has 1 heterocycles. The molecule has 0 saturated heterocycles. The number of halogens is 1. The van der Waals surface area contributed by atoms with Gasteiger partial charge in [0.05, 0.1) is 0 Å². The number of aryl methyl sites for hydroxylation is 1. The second-order valence-corrected chi connectivity index (χ2v) is 4.60. The van der Waals surface area contributed by atoms with Crippen LogP contribution in [-0.4, -0.2) is 16.1 Å². The van der Waals surface area contributed by atoms with Crippen LogP contribution in [-0.2, 0) is 6.42 Å². The van der Waals surface area contributed by atoms with Crippen LogP contribution in [0.1, 0.15) is 33.7 Å². The topological polar surface area (TPSA) is 53.1 Å². The van der Waals surface area contributed by atoms with Crippen LogP contribution in [0.2, 0.25) is 0 Å². The van der Waals surface area contributed by atoms with Crippen molar-refractivity contribution in [1.82, 2.24) is 4.98 Å². The molecule has 3 rings (SSSR count). The first-order valence-electron chi connectivity index (χ1n) is 6.05. The summed E-state index contributed by atoms with van der Waals surface area (Å²) in [6.45, 7) is 0. The van der Waals surface area contributed by atoms with Gasteiger partial charge in [0.25, 0.3) is 0 Å². The number of hydrogen-bond donors (Lipinski definition) is 2. The first-order valence-corrected chi connectivity index (χ1v) is 6.05. The van der Waals surface area contributed by atoms with Gasteiger partial charge in [-0.25, -0.2) is 9.18 Å². The molecule has 2 N–H and O–H groups in total. The summed E-state index contributed by atoms with van der Waals surface area (Å²) in [5, 5.41) is 8.96. The fourth-order valence-electron chi connectivity index (χ4n) is 2.40. The van der Waals surface area contributed by atoms with Crippen molar-refractivity contribution in [3.63, 3.8) is 0 Å². The average Bonchev–Trinajstić information content (AvgIpc) is 2.94. The highest BCUT2D eigenvalue weighted by atomic mass is 19.1. The average molecular weight is 257 g/mol. The van der Waals surface area contributed by atoms with Gasteiger partial charge in [-0.15, -0.1) is 0 Å². The van der Waals surface area contributed by atoms with Crippen molar-refractivity contribution in [2.75, 3.05) is 0 Å². The van der Waals surface area contributed by atoms with E-state index in [-0.39, 0.29) is 11.5 Å². The summed E-state index contributed by atoms with van der Waals surface area (Å²) in [5.74, 6) is -1.21. The maximum atomic E-state index is 12.8. The number of allylic oxidation sites excluding steroid dienone is 1. The number of carboxylic acid groups (broad SMARTS) is 1. The minimum absolute atomic E-state index is 0.217. The van der Waals surface area contributed by atoms with Gasteiger partial charge in [-0.05, 0) is 47.7 Å². The van der Waals surface area contributed by atoms with E-state index in [9.17, 15) is 9.18 Å². The number of carboxylic acids is 1. The van der Waals surface area contributed by atoms with Crippen LogP contribution < -0.4 is 0 Å². The molecule has 0 atom stereocenters. The Bertz CT molecular complexity index is 668. The molecule has 0 saturated carbocycles. The van der Waals surface area contributed by atoms with Gasteiger partial charge < -0.3 is 10.1 Å². The monoisotopic (exact) mass is 257 g/mol. The maximum Gasteiger partial charge on any atom is 0.352 e. The molecule has 0 fully saturated rings. The normalized spacial score (nSPS) is 15.7. The summed E-state index contributed by atoms with van der Waals surface area (Å²) < 4.78 is 12.8. The van der Waals surface area contributed by atoms with Crippen molar-refractivity contribution in [3.05, 3.63) is 58.7 Å². The van der Waals surface area contributed by atoms with E-state index in [1.54, 1.807) is 18.2 Å². The van der Waals surface area contributed by atoms with Crippen LogP contribution >= 0.6 is 0 Å². The zero-order chi connectivity index (χ0) is 13.4. The van der Waals surface area contributed by atoms with E-state index in [1.165, 1.54) is 12.1 Å². The Morgan fingerprint density at radius 3 is 2.68 bits per heavy atom. The number of nitrogens with one attached hydrogen (secondary N) is 1. The van der Waals surface area contributed by atoms with Gasteiger partial charge in [-0.1, -0.05) is 18.2 Å². The van der Waals surface area contributed by atoms with Crippen LogP contribution in [0, 0.1) is 5.82 Å². The predicted molar refractivity (Wildman–Crippen MR) is 70.3 cm³/mol. The van der Waals surface area contributed by atoms with Gasteiger partial charge in [0, 0.05) is 5.69 Å². The SMILES string of the molecule is O=C(O)c1cc2c([nH]1)CC/C2=C\c1ccc(F)cc1. The van der Waals surface area contributed by atoms with Crippen molar-refractivity contribution in [2.24, 2.45) is 0 Å². The van der Waals surface area contributed by atoms with E-state index in [2.05, 4.69) is 4.98 Å². The molecule has 0 amide bonds. The third-order valence-electron chi connectivity index (χ3n) is 3.33. The molecule has 3 nitrogen and oxygen atoms in total. The van der Waals surface area contributed by atoms with E-state index < -0.39 is 5.97 Å². The zero-order valence-corrected chi connectivity index (χ0v) is 10.1. The zero-order valence-electron chi connectivity index (χ0n) is 10.1. The van der Waals surface area contributed by atoms with Gasteiger partial charge in [0.2, 0.25) is 0 Å². The number of rotatable bonds is 2. The number of hydrogen-bond acceptors (Lipinski definition) is 1. The van der Waals surface area contributed by atoms with Gasteiger partial charge >= 0.3 is 5.97 Å². The highest BCUT2D eigenvalue weighted by Crippen LogP contribution is 2.34. The summed E-state index contributed by atoms with van der Waals surface area (Å²) in [6, 6.07) is 7.93. The molecule has 19 heavy (non-hydrogen) atoms. The first kappa shape index (κ1) is 11.7. The Morgan fingerprint density at radius 2 is 2.00 bits per heavy atom. The van der Waals surface area contributed by atoms with Crippen molar-refractivity contribution in [3.8, 4) is 0 Å². The fraction of sp³-hybridized carbons (Fsp3) is 0.133. The van der Waals surface area contributed by atoms with E-state index in [1.807, 2.05) is 6.08 Å². The summed E-state index contributed by atoms with van der Waals surface area (Å²) in [6.07, 6.45) is 3.67. The Balaban J connectivity index is 1.97. The highest BCUT2D eigenvalue weighted by Gasteiger charge is 2.21. The Morgan fingerprint density at radius 1 is 1.26 bits per heavy atom. The second-order valence-electron chi connectivity index (χ2n) is 4.60. The van der Waals surface area contributed by atoms with E-state index in [4.69, 9.17) is 5.11 Å². The minimum atomic E-state index is -0.949. The molecule has 0 unspecified atom stereocenters. The molecule has 1 aromatic carbocycles. The lowest BCUT2D eigenvalue weighted by Crippen LogP contribution is -1.96. The molecule has 4 heteroatoms. The molecule has 1 aromatic heterocycles. The lowest BCUT2D eigenvalue weighted by atomic mass is 10.1. The van der Waals surface area contributed by atoms with Crippen molar-refractivity contribution >= 4 is 17.6 Å². The number of fused-ring (bicyclic) bond motifs is 1. The molecule has 0 aliphatic heterocycles. The fourth-order valence-corrected chi connectivity index (χ4v) is 2.40. The summed E-state index contributed by atoms with van der Waals surface area (Å²) >= 11 is 0. The maximum absolute atomic E-state index is 12.8. The molecular weight excluding hydrogens is 245 g/mol. The molecule has 0 spiro atoms. The van der Waals surface area contributed by atoms with Crippen molar-refractivity contribution in [1.29, 1.82) is 0 Å². The van der Waals surface area contributed by atoms with Crippen LogP contribution in [0.4, 0.5) is 4.39 Å². The molecule has 96 valence electrons. The van der Waals surface area contributed by atoms with Gasteiger partial charge in [-0.2, -0.15) is 0 Å². The standard InChI is InChI=1S/C15H12FNO2/c16-11-4-1-9(2-5-11)7-10-3-6-13-12(10)8-14(17-13)15(18)19/h1-2,4-5,7-8,17H,3,6H2,(H,18,19)/b10-7+. The highest BCUT2D eigenvalue weighted by molar-refractivity contribution is 5.91. The number of aromatic amines is 1. The molecular formula is C15H12FNO2. The third-order valence-corrected chi connectivity index (χ3v) is 3.33. The Kier molecular flexibility index (Phi) is 2.71. The van der Waals surface area contributed by atoms with Gasteiger partial charge in [-0.3, -0.25) is 0 Å². The van der Waals surface area contributed by atoms with Crippen LogP contribution in [0.5, 0.6) is 0 Å². The number of aromatic carboxylic acids is 1. The minimum Gasteiger partial charge on any atom is -0.477 e. The Labute approximate surface area is 109 Å². The van der Waals surface area contributed by atoms with Crippen LogP contribution in [0.25, 0.3) is 11.6 Å². The summed E-state index contributed by atoms with van der Waals surface area (Å²) in [7, 11) is 0. The Hall–Kier alpha value is -2.36. The number of H-pyrrole nitrogens is 1. The van der Waals surface area contributed by atoms with Gasteiger partial charge in [0.1, 0.15) is 11.5 Å².